The first-order valence-electron chi connectivity index (χ1n) is 3.72. The van der Waals surface area contributed by atoms with E-state index >= 15 is 0 Å². The van der Waals surface area contributed by atoms with E-state index in [2.05, 4.69) is 16.8 Å². The Balaban J connectivity index is 0. The molecule has 0 rings (SSSR count). The Morgan fingerprint density at radius 3 is 2.58 bits per heavy atom. The Morgan fingerprint density at radius 2 is 2.17 bits per heavy atom. The van der Waals surface area contributed by atoms with Crippen LogP contribution in [0, 0.1) is 0 Å². The number of carbonyl (C=O) groups is 1. The molecule has 0 fully saturated rings. The molecule has 0 aliphatic heterocycles. The molecule has 0 unspecified atom stereocenters. The summed E-state index contributed by atoms with van der Waals surface area (Å²) in [7, 11) is 4.02. The highest BCUT2D eigenvalue weighted by Gasteiger charge is 1.92. The number of carbonyl (C=O) groups excluding carboxylic acids is 1. The van der Waals surface area contributed by atoms with Gasteiger partial charge in [0.05, 0.1) is 0 Å². The molecule has 3 nitrogen and oxygen atoms in total. The molecule has 1 amide bonds. The Bertz CT molecular complexity index is 137. The van der Waals surface area contributed by atoms with Crippen molar-refractivity contribution in [3.05, 3.63) is 12.7 Å². The van der Waals surface area contributed by atoms with Crippen LogP contribution in [-0.4, -0.2) is 38.0 Å². The molecule has 1 N–H and O–H groups in total. The Morgan fingerprint density at radius 1 is 1.58 bits per heavy atom. The Kier molecular flexibility index (Phi) is 9.99. The summed E-state index contributed by atoms with van der Waals surface area (Å²) in [6, 6.07) is 0. The second-order valence-electron chi connectivity index (χ2n) is 2.65. The van der Waals surface area contributed by atoms with Crippen molar-refractivity contribution in [1.82, 2.24) is 10.2 Å². The Hall–Kier alpha value is -0.540. The fourth-order valence-corrected chi connectivity index (χ4v) is 0.679. The van der Waals surface area contributed by atoms with E-state index in [0.717, 1.165) is 19.5 Å². The average Bonchev–Trinajstić information content (AvgIpc) is 1.97. The average molecular weight is 193 g/mol. The molecule has 0 spiro atoms. The fourth-order valence-electron chi connectivity index (χ4n) is 0.679. The number of nitrogens with zero attached hydrogens (tertiary/aromatic N) is 1. The van der Waals surface area contributed by atoms with Gasteiger partial charge in [0.15, 0.2) is 0 Å². The van der Waals surface area contributed by atoms with Crippen molar-refractivity contribution in [2.45, 2.75) is 6.42 Å². The number of rotatable bonds is 5. The highest BCUT2D eigenvalue weighted by atomic mass is 35.5. The standard InChI is InChI=1S/C8H16N2O.ClH/c1-4-8(11)9-6-5-7-10(2)3;/h4H,1,5-7H2,2-3H3,(H,9,11);1H. The van der Waals surface area contributed by atoms with Crippen LogP contribution in [0.3, 0.4) is 0 Å². The molecule has 0 radical (unpaired) electrons. The molecular formula is C8H17ClN2O. The first-order valence-corrected chi connectivity index (χ1v) is 3.72. The molecule has 0 aromatic carbocycles. The fraction of sp³-hybridized carbons (Fsp3) is 0.625. The minimum atomic E-state index is -0.0937. The van der Waals surface area contributed by atoms with Gasteiger partial charge in [0, 0.05) is 6.54 Å². The van der Waals surface area contributed by atoms with Crippen LogP contribution in [0.5, 0.6) is 0 Å². The van der Waals surface area contributed by atoms with Gasteiger partial charge in [0.1, 0.15) is 0 Å². The van der Waals surface area contributed by atoms with Crippen LogP contribution in [-0.2, 0) is 4.79 Å². The number of hydrogen-bond acceptors (Lipinski definition) is 2. The zero-order valence-corrected chi connectivity index (χ0v) is 8.49. The zero-order chi connectivity index (χ0) is 8.69. The van der Waals surface area contributed by atoms with Gasteiger partial charge in [-0.1, -0.05) is 6.58 Å². The minimum Gasteiger partial charge on any atom is -0.353 e. The van der Waals surface area contributed by atoms with Crippen molar-refractivity contribution in [1.29, 1.82) is 0 Å². The van der Waals surface area contributed by atoms with E-state index in [1.165, 1.54) is 6.08 Å². The van der Waals surface area contributed by atoms with Crippen LogP contribution >= 0.6 is 12.4 Å². The van der Waals surface area contributed by atoms with E-state index in [1.807, 2.05) is 14.1 Å². The zero-order valence-electron chi connectivity index (χ0n) is 7.67. The van der Waals surface area contributed by atoms with Gasteiger partial charge in [-0.25, -0.2) is 0 Å². The molecular weight excluding hydrogens is 176 g/mol. The maximum absolute atomic E-state index is 10.6. The summed E-state index contributed by atoms with van der Waals surface area (Å²) < 4.78 is 0. The van der Waals surface area contributed by atoms with Crippen LogP contribution in [0.25, 0.3) is 0 Å². The van der Waals surface area contributed by atoms with Crippen LogP contribution in [0.2, 0.25) is 0 Å². The third kappa shape index (κ3) is 9.46. The third-order valence-electron chi connectivity index (χ3n) is 1.27. The molecule has 0 bridgehead atoms. The smallest absolute Gasteiger partial charge is 0.243 e. The van der Waals surface area contributed by atoms with Crippen molar-refractivity contribution in [2.24, 2.45) is 0 Å². The van der Waals surface area contributed by atoms with Crippen LogP contribution in [0.4, 0.5) is 0 Å². The topological polar surface area (TPSA) is 32.3 Å². The molecule has 0 saturated carbocycles. The quantitative estimate of drug-likeness (QED) is 0.513. The predicted octanol–water partition coefficient (Wildman–Crippen LogP) is 0.662. The van der Waals surface area contributed by atoms with Gasteiger partial charge in [-0.3, -0.25) is 4.79 Å². The molecule has 0 aliphatic rings. The summed E-state index contributed by atoms with van der Waals surface area (Å²) in [6.07, 6.45) is 2.27. The summed E-state index contributed by atoms with van der Waals surface area (Å²) in [4.78, 5) is 12.7. The summed E-state index contributed by atoms with van der Waals surface area (Å²) in [5.74, 6) is -0.0937. The van der Waals surface area contributed by atoms with Crippen LogP contribution in [0.15, 0.2) is 12.7 Å². The van der Waals surface area contributed by atoms with Gasteiger partial charge in [-0.2, -0.15) is 0 Å². The van der Waals surface area contributed by atoms with Gasteiger partial charge in [-0.05, 0) is 33.1 Å². The van der Waals surface area contributed by atoms with Crippen molar-refractivity contribution in [3.8, 4) is 0 Å². The highest BCUT2D eigenvalue weighted by molar-refractivity contribution is 5.86. The van der Waals surface area contributed by atoms with E-state index in [4.69, 9.17) is 0 Å². The minimum absolute atomic E-state index is 0. The van der Waals surface area contributed by atoms with E-state index in [0.29, 0.717) is 0 Å². The summed E-state index contributed by atoms with van der Waals surface area (Å²) in [5.41, 5.74) is 0. The van der Waals surface area contributed by atoms with Gasteiger partial charge >= 0.3 is 0 Å². The number of amides is 1. The summed E-state index contributed by atoms with van der Waals surface area (Å²) in [5, 5.41) is 2.70. The summed E-state index contributed by atoms with van der Waals surface area (Å²) >= 11 is 0. The van der Waals surface area contributed by atoms with E-state index in [9.17, 15) is 4.79 Å². The van der Waals surface area contributed by atoms with Crippen LogP contribution < -0.4 is 5.32 Å². The van der Waals surface area contributed by atoms with E-state index in [-0.39, 0.29) is 18.3 Å². The highest BCUT2D eigenvalue weighted by Crippen LogP contribution is 1.80. The van der Waals surface area contributed by atoms with E-state index in [1.54, 1.807) is 0 Å². The van der Waals surface area contributed by atoms with Crippen molar-refractivity contribution in [2.75, 3.05) is 27.2 Å². The first kappa shape index (κ1) is 14.0. The van der Waals surface area contributed by atoms with Crippen molar-refractivity contribution >= 4 is 18.3 Å². The molecule has 4 heteroatoms. The largest absolute Gasteiger partial charge is 0.353 e. The lowest BCUT2D eigenvalue weighted by Gasteiger charge is -2.08. The molecule has 0 aromatic rings. The monoisotopic (exact) mass is 192 g/mol. The Labute approximate surface area is 80.2 Å². The maximum Gasteiger partial charge on any atom is 0.243 e. The van der Waals surface area contributed by atoms with Gasteiger partial charge in [0.2, 0.25) is 5.91 Å². The number of nitrogens with one attached hydrogen (secondary N) is 1. The first-order chi connectivity index (χ1) is 5.16. The number of hydrogen-bond donors (Lipinski definition) is 1. The molecule has 0 aromatic heterocycles. The van der Waals surface area contributed by atoms with Gasteiger partial charge in [-0.15, -0.1) is 12.4 Å². The van der Waals surface area contributed by atoms with Gasteiger partial charge < -0.3 is 10.2 Å². The second-order valence-corrected chi connectivity index (χ2v) is 2.65. The lowest BCUT2D eigenvalue weighted by Crippen LogP contribution is -2.25. The third-order valence-corrected chi connectivity index (χ3v) is 1.27. The second kappa shape index (κ2) is 8.56. The lowest BCUT2D eigenvalue weighted by atomic mass is 10.4. The molecule has 0 heterocycles. The van der Waals surface area contributed by atoms with E-state index < -0.39 is 0 Å². The molecule has 0 aliphatic carbocycles. The molecule has 72 valence electrons. The normalized spacial score (nSPS) is 8.92. The van der Waals surface area contributed by atoms with Crippen LogP contribution in [0.1, 0.15) is 6.42 Å². The van der Waals surface area contributed by atoms with Crippen molar-refractivity contribution < 1.29 is 4.79 Å². The molecule has 0 saturated heterocycles. The molecule has 12 heavy (non-hydrogen) atoms. The predicted molar refractivity (Wildman–Crippen MR) is 53.6 cm³/mol. The number of halogens is 1. The maximum atomic E-state index is 10.6. The molecule has 0 atom stereocenters. The van der Waals surface area contributed by atoms with Crippen molar-refractivity contribution in [3.63, 3.8) is 0 Å². The van der Waals surface area contributed by atoms with Gasteiger partial charge in [0.25, 0.3) is 0 Å². The summed E-state index contributed by atoms with van der Waals surface area (Å²) in [6.45, 7) is 5.07. The SMILES string of the molecule is C=CC(=O)NCCCN(C)C.Cl. The lowest BCUT2D eigenvalue weighted by molar-refractivity contribution is -0.116.